The molecule has 0 amide bonds. The number of nitrogens with zero attached hydrogens (tertiary/aromatic N) is 7. The van der Waals surface area contributed by atoms with Crippen molar-refractivity contribution in [2.45, 2.75) is 43.0 Å². The average molecular weight is 699 g/mol. The maximum atomic E-state index is 16.1. The molecule has 0 aliphatic carbocycles. The molecule has 47 heavy (non-hydrogen) atoms. The summed E-state index contributed by atoms with van der Waals surface area (Å²) in [7, 11) is -3.45. The lowest BCUT2D eigenvalue weighted by molar-refractivity contribution is -0.0600. The van der Waals surface area contributed by atoms with Gasteiger partial charge in [0.05, 0.1) is 46.1 Å². The van der Waals surface area contributed by atoms with Crippen molar-refractivity contribution in [3.8, 4) is 0 Å². The summed E-state index contributed by atoms with van der Waals surface area (Å²) >= 11 is 0. The van der Waals surface area contributed by atoms with Crippen LogP contribution >= 0.6 is 15.2 Å². The molecule has 3 unspecified atom stereocenters. The summed E-state index contributed by atoms with van der Waals surface area (Å²) in [5.41, 5.74) is 10.9. The van der Waals surface area contributed by atoms with E-state index in [1.807, 2.05) is 0 Å². The minimum Gasteiger partial charge on any atom is -0.444 e. The molecule has 3 fully saturated rings. The number of hydrogen-bond acceptors (Lipinski definition) is 18. The third kappa shape index (κ3) is 5.64. The number of H-pyrrole nitrogens is 1. The normalized spacial score (nSPS) is 36.6. The van der Waals surface area contributed by atoms with Crippen molar-refractivity contribution in [1.29, 1.82) is 0 Å². The summed E-state index contributed by atoms with van der Waals surface area (Å²) in [6, 6.07) is 0. The molecule has 7 rings (SSSR count). The minimum absolute atomic E-state index is 0.0129. The zero-order valence-electron chi connectivity index (χ0n) is 23.7. The predicted octanol–water partition coefficient (Wildman–Crippen LogP) is -0.954. The SMILES string of the molecule is [B-][P@@]1(=O)OC[C@H]2O[C@@H](n3cnc4c(N)ncnc43)[C@@H](F)C2OP(=O)(NO)OC[C@H]2O[C@@H](n3cnc4c(=O)[nH]c(N)nc43)[C@@H](O1)C2CO. The number of hydrogen-bond donors (Lipinski definition) is 6. The van der Waals surface area contributed by atoms with Gasteiger partial charge in [0.2, 0.25) is 5.95 Å². The van der Waals surface area contributed by atoms with Crippen molar-refractivity contribution >= 4 is 56.9 Å². The Balaban J connectivity index is 1.24. The van der Waals surface area contributed by atoms with Crippen LogP contribution in [-0.4, -0.2) is 107 Å². The Morgan fingerprint density at radius 2 is 1.70 bits per heavy atom. The lowest BCUT2D eigenvalue weighted by atomic mass is 9.99. The molecule has 3 aliphatic rings. The van der Waals surface area contributed by atoms with Gasteiger partial charge in [0.1, 0.15) is 30.2 Å². The van der Waals surface area contributed by atoms with Crippen LogP contribution in [0.25, 0.3) is 22.3 Å². The Labute approximate surface area is 262 Å². The van der Waals surface area contributed by atoms with Gasteiger partial charge in [-0.1, -0.05) is 0 Å². The number of nitrogens with two attached hydrogens (primary N) is 2. The second-order valence-corrected chi connectivity index (χ2v) is 13.9. The smallest absolute Gasteiger partial charge is 0.428 e. The van der Waals surface area contributed by atoms with Crippen molar-refractivity contribution in [2.24, 2.45) is 5.92 Å². The first-order valence-corrected chi connectivity index (χ1v) is 16.8. The number of aromatic nitrogens is 8. The summed E-state index contributed by atoms with van der Waals surface area (Å²) < 4.78 is 79.6. The Bertz CT molecular complexity index is 1980. The molecule has 2 bridgehead atoms. The molecule has 22 nitrogen and oxygen atoms in total. The van der Waals surface area contributed by atoms with Crippen LogP contribution in [0.15, 0.2) is 23.8 Å². The summed E-state index contributed by atoms with van der Waals surface area (Å²) in [6.07, 6.45) is -7.48. The third-order valence-corrected chi connectivity index (χ3v) is 10.1. The van der Waals surface area contributed by atoms with E-state index in [4.69, 9.17) is 46.6 Å². The van der Waals surface area contributed by atoms with Gasteiger partial charge in [-0.15, -0.1) is 5.25 Å². The maximum absolute atomic E-state index is 16.1. The molecular formula is C21H25BFN11O11P2-. The van der Waals surface area contributed by atoms with Gasteiger partial charge in [-0.25, -0.2) is 28.9 Å². The van der Waals surface area contributed by atoms with E-state index in [0.29, 0.717) is 0 Å². The van der Waals surface area contributed by atoms with Crippen LogP contribution in [0.5, 0.6) is 0 Å². The maximum Gasteiger partial charge on any atom is 0.428 e. The molecule has 26 heteroatoms. The van der Waals surface area contributed by atoms with Gasteiger partial charge in [-0.3, -0.25) is 28.0 Å². The van der Waals surface area contributed by atoms with Crippen LogP contribution in [0.1, 0.15) is 12.5 Å². The number of nitrogens with one attached hydrogen (secondary N) is 2. The third-order valence-electron chi connectivity index (χ3n) is 7.84. The summed E-state index contributed by atoms with van der Waals surface area (Å²) in [5.74, 6) is -1.35. The second kappa shape index (κ2) is 11.9. The van der Waals surface area contributed by atoms with E-state index in [9.17, 15) is 24.2 Å². The molecule has 8 N–H and O–H groups in total. The summed E-state index contributed by atoms with van der Waals surface area (Å²) in [6.45, 7) is -2.13. The first kappa shape index (κ1) is 32.2. The van der Waals surface area contributed by atoms with Crippen LogP contribution in [0.2, 0.25) is 0 Å². The number of fused-ring (bicyclic) bond motifs is 5. The lowest BCUT2D eigenvalue weighted by Gasteiger charge is -2.34. The molecule has 10 atom stereocenters. The minimum atomic E-state index is -4.80. The van der Waals surface area contributed by atoms with Crippen molar-refractivity contribution in [2.75, 3.05) is 31.3 Å². The molecule has 4 aromatic rings. The number of aliphatic hydroxyl groups excluding tert-OH is 1. The standard InChI is InChI=1S/C21H25BFN11O11P2/c22-46(38)40-3-9-14(10(23)19(43-9)33-5-28-11-15(24)26-4-27-16(11)33)45-47(39,32-37)41-2-8-7(1-35)13(44-46)20(42-8)34-6-29-12-17(34)30-21(25)31-18(12)36/h4-10,13-14,19-20,35,37H,1-3H2,(H,32,39)(H2,24,26,27)(H3,25,30,31,36)/q-1/t7?,8-,9-,10+,13+,14?,19-,20-,46-,47?/m1/s1. The van der Waals surface area contributed by atoms with Crippen LogP contribution < -0.4 is 22.3 Å². The number of imidazole rings is 2. The monoisotopic (exact) mass is 699 g/mol. The fourth-order valence-corrected chi connectivity index (χ4v) is 7.77. The number of aromatic amines is 1. The van der Waals surface area contributed by atoms with Crippen molar-refractivity contribution < 1.29 is 51.4 Å². The van der Waals surface area contributed by atoms with Crippen LogP contribution in [0, 0.1) is 5.92 Å². The van der Waals surface area contributed by atoms with Gasteiger partial charge in [0.25, 0.3) is 5.56 Å². The van der Waals surface area contributed by atoms with Gasteiger partial charge in [-0.05, 0) is 0 Å². The molecule has 0 spiro atoms. The van der Waals surface area contributed by atoms with Gasteiger partial charge in [0, 0.05) is 5.92 Å². The predicted molar refractivity (Wildman–Crippen MR) is 153 cm³/mol. The number of halogens is 1. The van der Waals surface area contributed by atoms with E-state index < -0.39 is 89.6 Å². The van der Waals surface area contributed by atoms with E-state index in [1.165, 1.54) is 20.7 Å². The first-order chi connectivity index (χ1) is 22.4. The summed E-state index contributed by atoms with van der Waals surface area (Å²) in [4.78, 5) is 34.8. The van der Waals surface area contributed by atoms with Crippen molar-refractivity contribution in [1.82, 2.24) is 44.3 Å². The number of aliphatic hydroxyl groups is 1. The van der Waals surface area contributed by atoms with E-state index in [0.717, 1.165) is 12.7 Å². The number of ether oxygens (including phenoxy) is 2. The van der Waals surface area contributed by atoms with Gasteiger partial charge in [0.15, 0.2) is 41.3 Å². The Kier molecular flexibility index (Phi) is 8.16. The van der Waals surface area contributed by atoms with E-state index in [2.05, 4.69) is 29.9 Å². The Morgan fingerprint density at radius 3 is 2.45 bits per heavy atom. The highest BCUT2D eigenvalue weighted by atomic mass is 31.2. The average Bonchev–Trinajstić information content (AvgIpc) is 3.79. The molecule has 4 aromatic heterocycles. The molecule has 3 saturated heterocycles. The van der Waals surface area contributed by atoms with Gasteiger partial charge in [-0.2, -0.15) is 4.98 Å². The van der Waals surface area contributed by atoms with Crippen molar-refractivity contribution in [3.05, 3.63) is 29.3 Å². The molecular weight excluding hydrogens is 674 g/mol. The molecule has 3 aliphatic heterocycles. The second-order valence-electron chi connectivity index (χ2n) is 10.6. The fourth-order valence-electron chi connectivity index (χ4n) is 5.67. The highest BCUT2D eigenvalue weighted by molar-refractivity contribution is 7.79. The lowest BCUT2D eigenvalue weighted by Crippen LogP contribution is -2.35. The summed E-state index contributed by atoms with van der Waals surface area (Å²) in [5, 5.41) is 21.6. The Morgan fingerprint density at radius 1 is 1.00 bits per heavy atom. The first-order valence-electron chi connectivity index (χ1n) is 13.7. The zero-order chi connectivity index (χ0) is 33.2. The zero-order valence-corrected chi connectivity index (χ0v) is 25.5. The fraction of sp³-hybridized carbons (Fsp3) is 0.524. The molecule has 0 aromatic carbocycles. The molecule has 0 saturated carbocycles. The number of rotatable bonds is 4. The molecule has 7 heterocycles. The van der Waals surface area contributed by atoms with Crippen LogP contribution in [-0.2, 0) is 36.7 Å². The van der Waals surface area contributed by atoms with Gasteiger partial charge >= 0.3 is 7.75 Å². The van der Waals surface area contributed by atoms with E-state index >= 15 is 4.39 Å². The topological polar surface area (TPSA) is 301 Å². The largest absolute Gasteiger partial charge is 0.444 e. The Hall–Kier alpha value is -3.41. The number of nitrogen functional groups attached to an aromatic ring is 2. The quantitative estimate of drug-likeness (QED) is 0.0849. The van der Waals surface area contributed by atoms with Crippen LogP contribution in [0.4, 0.5) is 16.2 Å². The van der Waals surface area contributed by atoms with E-state index in [-0.39, 0.29) is 34.1 Å². The highest BCUT2D eigenvalue weighted by Crippen LogP contribution is 2.54. The highest BCUT2D eigenvalue weighted by Gasteiger charge is 2.53. The number of anilines is 2. The van der Waals surface area contributed by atoms with Crippen molar-refractivity contribution in [3.63, 3.8) is 0 Å². The number of alkyl halides is 1. The molecule has 251 valence electrons. The molecule has 3 radical (unpaired) electrons. The van der Waals surface area contributed by atoms with Crippen LogP contribution in [0.3, 0.4) is 0 Å². The van der Waals surface area contributed by atoms with E-state index in [1.54, 1.807) is 0 Å². The van der Waals surface area contributed by atoms with Gasteiger partial charge < -0.3 is 52.4 Å².